The number of rotatable bonds is 1. The summed E-state index contributed by atoms with van der Waals surface area (Å²) >= 11 is 0. The summed E-state index contributed by atoms with van der Waals surface area (Å²) in [5, 5.41) is 19.9. The van der Waals surface area contributed by atoms with Gasteiger partial charge in [-0.25, -0.2) is 9.50 Å². The zero-order valence-corrected chi connectivity index (χ0v) is 18.6. The standard InChI is InChI=1S/C23H26N8O2/c1-24-17-9-21-27-16-7-13(8-18-14(16)10-26-30(18)2)12-33-20-6-4-3-5-15(20)28-23(32)19-11-25-22(17)31(19)29-21/h7-11,15,20,24H,3-6,12H2,1-2H3,(H,27,29)(H,28,32)/t15-,20-/m1/s1. The Morgan fingerprint density at radius 1 is 1.18 bits per heavy atom. The molecule has 0 unspecified atom stereocenters. The molecular weight excluding hydrogens is 420 g/mol. The van der Waals surface area contributed by atoms with Crippen LogP contribution in [0, 0.1) is 0 Å². The summed E-state index contributed by atoms with van der Waals surface area (Å²) in [5.41, 5.74) is 4.70. The van der Waals surface area contributed by atoms with Crippen molar-refractivity contribution in [1.82, 2.24) is 29.7 Å². The summed E-state index contributed by atoms with van der Waals surface area (Å²) in [7, 11) is 3.76. The molecule has 1 aromatic carbocycles. The lowest BCUT2D eigenvalue weighted by atomic mass is 9.92. The van der Waals surface area contributed by atoms with Crippen LogP contribution in [-0.2, 0) is 18.4 Å². The molecule has 10 heteroatoms. The quantitative estimate of drug-likeness (QED) is 0.412. The van der Waals surface area contributed by atoms with Crippen molar-refractivity contribution < 1.29 is 9.53 Å². The third-order valence-corrected chi connectivity index (χ3v) is 6.64. The lowest BCUT2D eigenvalue weighted by Crippen LogP contribution is -2.46. The second kappa shape index (κ2) is 7.73. The van der Waals surface area contributed by atoms with Gasteiger partial charge in [0.1, 0.15) is 0 Å². The second-order valence-corrected chi connectivity index (χ2v) is 8.76. The molecule has 1 aliphatic carbocycles. The van der Waals surface area contributed by atoms with Crippen LogP contribution in [0.3, 0.4) is 0 Å². The Kier molecular flexibility index (Phi) is 4.68. The van der Waals surface area contributed by atoms with Crippen LogP contribution in [-0.4, -0.2) is 49.5 Å². The number of nitrogens with zero attached hydrogens (tertiary/aromatic N) is 5. The molecule has 0 spiro atoms. The molecule has 2 atom stereocenters. The summed E-state index contributed by atoms with van der Waals surface area (Å²) in [6.45, 7) is 0.457. The Morgan fingerprint density at radius 2 is 2.06 bits per heavy atom. The molecule has 0 radical (unpaired) electrons. The molecule has 170 valence electrons. The van der Waals surface area contributed by atoms with Crippen molar-refractivity contribution >= 4 is 39.6 Å². The van der Waals surface area contributed by atoms with Crippen LogP contribution in [0.2, 0.25) is 0 Å². The highest BCUT2D eigenvalue weighted by atomic mass is 16.5. The van der Waals surface area contributed by atoms with Gasteiger partial charge in [0.2, 0.25) is 0 Å². The van der Waals surface area contributed by atoms with Crippen molar-refractivity contribution in [1.29, 1.82) is 0 Å². The van der Waals surface area contributed by atoms with Crippen molar-refractivity contribution in [3.8, 4) is 0 Å². The van der Waals surface area contributed by atoms with E-state index in [0.717, 1.165) is 53.5 Å². The topological polar surface area (TPSA) is 110 Å². The van der Waals surface area contributed by atoms with Crippen molar-refractivity contribution in [2.45, 2.75) is 44.4 Å². The van der Waals surface area contributed by atoms with Crippen LogP contribution < -0.4 is 16.0 Å². The van der Waals surface area contributed by atoms with E-state index in [4.69, 9.17) is 9.84 Å². The fraction of sp³-hybridized carbons (Fsp3) is 0.391. The summed E-state index contributed by atoms with van der Waals surface area (Å²) < 4.78 is 9.82. The zero-order chi connectivity index (χ0) is 22.5. The zero-order valence-electron chi connectivity index (χ0n) is 18.6. The molecule has 1 amide bonds. The number of aromatic nitrogens is 5. The summed E-state index contributed by atoms with van der Waals surface area (Å²) in [4.78, 5) is 17.7. The highest BCUT2D eigenvalue weighted by molar-refractivity contribution is 5.95. The van der Waals surface area contributed by atoms with Crippen LogP contribution in [0.15, 0.2) is 30.6 Å². The summed E-state index contributed by atoms with van der Waals surface area (Å²) in [5.74, 6) is 0.398. The Hall–Kier alpha value is -3.66. The van der Waals surface area contributed by atoms with Gasteiger partial charge in [0.25, 0.3) is 5.91 Å². The van der Waals surface area contributed by atoms with Crippen molar-refractivity contribution in [3.05, 3.63) is 41.9 Å². The molecule has 4 aromatic rings. The molecule has 4 heterocycles. The number of imidazole rings is 1. The molecule has 1 saturated carbocycles. The monoisotopic (exact) mass is 446 g/mol. The lowest BCUT2D eigenvalue weighted by Gasteiger charge is -2.32. The van der Waals surface area contributed by atoms with Gasteiger partial charge in [0.05, 0.1) is 48.0 Å². The maximum absolute atomic E-state index is 13.2. The Balaban J connectivity index is 1.55. The van der Waals surface area contributed by atoms with Crippen LogP contribution in [0.25, 0.3) is 16.6 Å². The number of benzene rings is 1. The van der Waals surface area contributed by atoms with Gasteiger partial charge in [-0.1, -0.05) is 12.8 Å². The van der Waals surface area contributed by atoms with Crippen molar-refractivity contribution in [3.63, 3.8) is 0 Å². The normalized spacial score (nSPS) is 20.8. The first-order valence-electron chi connectivity index (χ1n) is 11.3. The number of aryl methyl sites for hydroxylation is 1. The molecule has 1 fully saturated rings. The average molecular weight is 447 g/mol. The van der Waals surface area contributed by atoms with Crippen LogP contribution in [0.1, 0.15) is 41.7 Å². The maximum Gasteiger partial charge on any atom is 0.271 e. The van der Waals surface area contributed by atoms with Crippen molar-refractivity contribution in [2.75, 3.05) is 17.7 Å². The molecule has 1 aliphatic heterocycles. The molecule has 3 N–H and O–H groups in total. The predicted molar refractivity (Wildman–Crippen MR) is 125 cm³/mol. The Morgan fingerprint density at radius 3 is 2.94 bits per heavy atom. The minimum Gasteiger partial charge on any atom is -0.385 e. The molecule has 3 aromatic heterocycles. The summed E-state index contributed by atoms with van der Waals surface area (Å²) in [6.07, 6.45) is 7.35. The fourth-order valence-corrected chi connectivity index (χ4v) is 4.91. The second-order valence-electron chi connectivity index (χ2n) is 8.76. The van der Waals surface area contributed by atoms with E-state index in [0.29, 0.717) is 23.8 Å². The van der Waals surface area contributed by atoms with Gasteiger partial charge >= 0.3 is 0 Å². The maximum atomic E-state index is 13.2. The molecule has 4 bridgehead atoms. The molecule has 0 saturated heterocycles. The van der Waals surface area contributed by atoms with Gasteiger partial charge < -0.3 is 20.7 Å². The Bertz CT molecular complexity index is 1370. The fourth-order valence-electron chi connectivity index (χ4n) is 4.91. The smallest absolute Gasteiger partial charge is 0.271 e. The van der Waals surface area contributed by atoms with E-state index in [1.807, 2.05) is 31.0 Å². The van der Waals surface area contributed by atoms with Crippen LogP contribution in [0.4, 0.5) is 17.2 Å². The first-order valence-corrected chi connectivity index (χ1v) is 11.3. The van der Waals surface area contributed by atoms with E-state index < -0.39 is 0 Å². The number of hydrogen-bond acceptors (Lipinski definition) is 7. The molecule has 2 aliphatic rings. The number of carbonyl (C=O) groups excluding carboxylic acids is 1. The third-order valence-electron chi connectivity index (χ3n) is 6.64. The minimum atomic E-state index is -0.195. The summed E-state index contributed by atoms with van der Waals surface area (Å²) in [6, 6.07) is 6.04. The first-order chi connectivity index (χ1) is 16.1. The Labute approximate surface area is 190 Å². The molecule has 33 heavy (non-hydrogen) atoms. The number of carbonyl (C=O) groups is 1. The number of fused-ring (bicyclic) bond motifs is 6. The minimum absolute atomic E-state index is 0.0418. The van der Waals surface area contributed by atoms with E-state index in [1.165, 1.54) is 0 Å². The average Bonchev–Trinajstić information content (AvgIpc) is 3.41. The number of nitrogens with one attached hydrogen (secondary N) is 3. The predicted octanol–water partition coefficient (Wildman–Crippen LogP) is 2.97. The number of amides is 1. The van der Waals surface area contributed by atoms with Gasteiger partial charge in [-0.3, -0.25) is 9.48 Å². The van der Waals surface area contributed by atoms with E-state index in [-0.39, 0.29) is 18.1 Å². The third kappa shape index (κ3) is 3.37. The molecule has 10 nitrogen and oxygen atoms in total. The van der Waals surface area contributed by atoms with E-state index in [1.54, 1.807) is 10.7 Å². The number of ether oxygens (including phenoxy) is 1. The largest absolute Gasteiger partial charge is 0.385 e. The van der Waals surface area contributed by atoms with Gasteiger partial charge in [0, 0.05) is 25.5 Å². The lowest BCUT2D eigenvalue weighted by molar-refractivity contribution is -0.00464. The highest BCUT2D eigenvalue weighted by Crippen LogP contribution is 2.31. The number of anilines is 3. The van der Waals surface area contributed by atoms with Crippen LogP contribution >= 0.6 is 0 Å². The molecule has 6 rings (SSSR count). The van der Waals surface area contributed by atoms with Gasteiger partial charge in [-0.05, 0) is 30.5 Å². The van der Waals surface area contributed by atoms with Gasteiger partial charge in [0.15, 0.2) is 17.2 Å². The van der Waals surface area contributed by atoms with E-state index >= 15 is 0 Å². The SMILES string of the molecule is CNc1cc2nn3c(cnc13)C(=O)N[C@@H]1CCCC[C@H]1OCc1cc(c3cnn(C)c3c1)N2. The van der Waals surface area contributed by atoms with E-state index in [2.05, 4.69) is 38.2 Å². The van der Waals surface area contributed by atoms with Gasteiger partial charge in [-0.15, -0.1) is 5.10 Å². The number of hydrogen-bond donors (Lipinski definition) is 3. The van der Waals surface area contributed by atoms with Crippen molar-refractivity contribution in [2.24, 2.45) is 7.05 Å². The van der Waals surface area contributed by atoms with E-state index in [9.17, 15) is 4.79 Å². The van der Waals surface area contributed by atoms with Gasteiger partial charge in [-0.2, -0.15) is 5.10 Å². The highest BCUT2D eigenvalue weighted by Gasteiger charge is 2.29. The first kappa shape index (κ1) is 20.0. The molecular formula is C23H26N8O2. The van der Waals surface area contributed by atoms with Crippen LogP contribution in [0.5, 0.6) is 0 Å².